The predicted octanol–water partition coefficient (Wildman–Crippen LogP) is -0.551. The Kier molecular flexibility index (Phi) is 3.03. The van der Waals surface area contributed by atoms with Gasteiger partial charge in [-0.05, 0) is 11.6 Å². The van der Waals surface area contributed by atoms with Crippen LogP contribution in [0.4, 0.5) is 4.79 Å². The Bertz CT molecular complexity index is 659. The van der Waals surface area contributed by atoms with Crippen molar-refractivity contribution in [2.24, 2.45) is 10.7 Å². The van der Waals surface area contributed by atoms with Crippen molar-refractivity contribution in [3.05, 3.63) is 23.4 Å². The molecule has 102 valence electrons. The van der Waals surface area contributed by atoms with Gasteiger partial charge in [-0.2, -0.15) is 13.4 Å². The molecule has 9 heteroatoms. The number of carbonyl (C=O) groups is 2. The highest BCUT2D eigenvalue weighted by atomic mass is 32.2. The van der Waals surface area contributed by atoms with Crippen LogP contribution >= 0.6 is 0 Å². The van der Waals surface area contributed by atoms with E-state index in [1.807, 2.05) is 0 Å². The minimum absolute atomic E-state index is 0.00618. The Morgan fingerprint density at radius 3 is 2.68 bits per heavy atom. The van der Waals surface area contributed by atoms with E-state index in [0.717, 1.165) is 0 Å². The molecular weight excluding hydrogens is 274 g/mol. The monoisotopic (exact) mass is 285 g/mol. The third-order valence-corrected chi connectivity index (χ3v) is 4.11. The first-order valence-corrected chi connectivity index (χ1v) is 6.74. The lowest BCUT2D eigenvalue weighted by Gasteiger charge is -2.20. The molecule has 0 aromatic carbocycles. The van der Waals surface area contributed by atoms with Crippen molar-refractivity contribution in [1.82, 2.24) is 4.90 Å². The molecule has 0 bridgehead atoms. The van der Waals surface area contributed by atoms with Crippen molar-refractivity contribution in [3.63, 3.8) is 0 Å². The number of aliphatic imine (C=N–C) groups is 1. The third kappa shape index (κ3) is 2.42. The Balaban J connectivity index is 2.45. The molecule has 0 aromatic heterocycles. The van der Waals surface area contributed by atoms with Crippen LogP contribution in [0.25, 0.3) is 0 Å². The number of nitrogens with two attached hydrogens (primary N) is 1. The van der Waals surface area contributed by atoms with E-state index in [-0.39, 0.29) is 12.1 Å². The fourth-order valence-corrected chi connectivity index (χ4v) is 2.99. The van der Waals surface area contributed by atoms with Crippen molar-refractivity contribution >= 4 is 27.6 Å². The van der Waals surface area contributed by atoms with Gasteiger partial charge in [-0.1, -0.05) is 0 Å². The van der Waals surface area contributed by atoms with Gasteiger partial charge in [-0.3, -0.25) is 9.35 Å². The Hall–Kier alpha value is -2.00. The molecule has 2 aliphatic rings. The topological polar surface area (TPSA) is 130 Å². The lowest BCUT2D eigenvalue weighted by atomic mass is 10.0. The van der Waals surface area contributed by atoms with E-state index in [0.29, 0.717) is 11.3 Å². The van der Waals surface area contributed by atoms with Crippen LogP contribution in [-0.2, 0) is 14.9 Å². The van der Waals surface area contributed by atoms with E-state index < -0.39 is 27.3 Å². The predicted molar refractivity (Wildman–Crippen MR) is 65.9 cm³/mol. The molecule has 1 aliphatic carbocycles. The van der Waals surface area contributed by atoms with Crippen molar-refractivity contribution in [2.45, 2.75) is 11.8 Å². The average Bonchev–Trinajstić information content (AvgIpc) is 2.56. The molecule has 2 amide bonds. The highest BCUT2D eigenvalue weighted by Crippen LogP contribution is 2.35. The largest absolute Gasteiger partial charge is 0.356 e. The third-order valence-electron chi connectivity index (χ3n) is 2.94. The van der Waals surface area contributed by atoms with Crippen molar-refractivity contribution in [3.8, 4) is 0 Å². The van der Waals surface area contributed by atoms with Gasteiger partial charge in [0, 0.05) is 25.2 Å². The normalized spacial score (nSPS) is 25.2. The number of rotatable bonds is 1. The molecule has 8 nitrogen and oxygen atoms in total. The summed E-state index contributed by atoms with van der Waals surface area (Å²) in [6.07, 6.45) is 2.48. The number of primary amides is 1. The van der Waals surface area contributed by atoms with E-state index in [2.05, 4.69) is 4.99 Å². The van der Waals surface area contributed by atoms with Gasteiger partial charge in [0.15, 0.2) is 5.37 Å². The molecule has 0 saturated carbocycles. The number of ketones is 1. The van der Waals surface area contributed by atoms with Crippen LogP contribution in [0.3, 0.4) is 0 Å². The Morgan fingerprint density at radius 1 is 1.53 bits per heavy atom. The zero-order chi connectivity index (χ0) is 14.4. The molecule has 1 heterocycles. The number of allylic oxidation sites excluding steroid dienone is 3. The number of nitrogens with zero attached hydrogens (tertiary/aromatic N) is 2. The van der Waals surface area contributed by atoms with E-state index in [1.165, 1.54) is 24.1 Å². The average molecular weight is 285 g/mol. The molecule has 3 N–H and O–H groups in total. The van der Waals surface area contributed by atoms with Gasteiger partial charge in [0.05, 0.1) is 0 Å². The quantitative estimate of drug-likeness (QED) is 0.491. The molecule has 19 heavy (non-hydrogen) atoms. The van der Waals surface area contributed by atoms with E-state index in [4.69, 9.17) is 10.3 Å². The number of hydrogen-bond donors (Lipinski definition) is 2. The number of urea groups is 1. The molecular formula is C10H11N3O5S. The van der Waals surface area contributed by atoms with Gasteiger partial charge >= 0.3 is 6.03 Å². The van der Waals surface area contributed by atoms with Gasteiger partial charge in [0.1, 0.15) is 5.71 Å². The molecule has 0 spiro atoms. The number of amides is 2. The summed E-state index contributed by atoms with van der Waals surface area (Å²) in [7, 11) is -2.81. The van der Waals surface area contributed by atoms with E-state index >= 15 is 0 Å². The van der Waals surface area contributed by atoms with Gasteiger partial charge in [0.25, 0.3) is 10.1 Å². The summed E-state index contributed by atoms with van der Waals surface area (Å²) in [5, 5.41) is -1.15. The number of likely N-dealkylation sites (tertiary alicyclic amines) is 1. The van der Waals surface area contributed by atoms with Crippen LogP contribution in [-0.4, -0.2) is 47.8 Å². The first-order valence-electron chi connectivity index (χ1n) is 5.24. The summed E-state index contributed by atoms with van der Waals surface area (Å²) in [6.45, 7) is 0. The molecule has 1 unspecified atom stereocenters. The Morgan fingerprint density at radius 2 is 2.16 bits per heavy atom. The van der Waals surface area contributed by atoms with Gasteiger partial charge < -0.3 is 10.6 Å². The summed E-state index contributed by atoms with van der Waals surface area (Å²) in [6, 6.07) is -1.00. The highest BCUT2D eigenvalue weighted by Gasteiger charge is 2.39. The van der Waals surface area contributed by atoms with Gasteiger partial charge in [0.2, 0.25) is 5.78 Å². The number of carbonyl (C=O) groups excluding carboxylic acids is 2. The molecule has 1 atom stereocenters. The fraction of sp³-hybridized carbons (Fsp3) is 0.300. The van der Waals surface area contributed by atoms with Crippen LogP contribution in [0.2, 0.25) is 0 Å². The standard InChI is InChI=1S/C10H11N3O5S/c1-13-7-4-8(14)6(12-10(11)15)2-5(7)3-9(13)19(16,17)18/h2,4,9H,3H2,1H3,(H2,11,15)(H,16,17,18)/b12-6-. The van der Waals surface area contributed by atoms with Crippen molar-refractivity contribution < 1.29 is 22.6 Å². The lowest BCUT2D eigenvalue weighted by molar-refractivity contribution is -0.108. The molecule has 0 aromatic rings. The summed E-state index contributed by atoms with van der Waals surface area (Å²) >= 11 is 0. The summed E-state index contributed by atoms with van der Waals surface area (Å²) < 4.78 is 31.5. The molecule has 0 radical (unpaired) electrons. The Labute approximate surface area is 109 Å². The zero-order valence-corrected chi connectivity index (χ0v) is 10.7. The van der Waals surface area contributed by atoms with Crippen LogP contribution < -0.4 is 5.73 Å². The maximum atomic E-state index is 11.7. The SMILES string of the molecule is CN1C2=CC(=O)/C(=N\C(N)=O)C=C2CC1S(=O)(=O)O. The second-order valence-corrected chi connectivity index (χ2v) is 5.76. The second-order valence-electron chi connectivity index (χ2n) is 4.18. The smallest absolute Gasteiger partial charge is 0.339 e. The molecule has 1 fully saturated rings. The van der Waals surface area contributed by atoms with Crippen LogP contribution in [0.15, 0.2) is 28.4 Å². The van der Waals surface area contributed by atoms with Crippen LogP contribution in [0, 0.1) is 0 Å². The summed E-state index contributed by atoms with van der Waals surface area (Å²) in [5.74, 6) is -0.541. The summed E-state index contributed by atoms with van der Waals surface area (Å²) in [5.41, 5.74) is 5.62. The lowest BCUT2D eigenvalue weighted by Crippen LogP contribution is -2.32. The molecule has 1 aliphatic heterocycles. The van der Waals surface area contributed by atoms with Crippen LogP contribution in [0.1, 0.15) is 6.42 Å². The van der Waals surface area contributed by atoms with Gasteiger partial charge in [-0.15, -0.1) is 0 Å². The molecule has 2 rings (SSSR count). The fourth-order valence-electron chi connectivity index (χ4n) is 2.08. The van der Waals surface area contributed by atoms with Crippen molar-refractivity contribution in [1.29, 1.82) is 0 Å². The number of likely N-dealkylation sites (N-methyl/N-ethyl adjacent to an activating group) is 1. The van der Waals surface area contributed by atoms with Gasteiger partial charge in [-0.25, -0.2) is 4.79 Å². The van der Waals surface area contributed by atoms with Crippen LogP contribution in [0.5, 0.6) is 0 Å². The molecule has 1 saturated heterocycles. The zero-order valence-electron chi connectivity index (χ0n) is 9.90. The maximum absolute atomic E-state index is 11.7. The first kappa shape index (κ1) is 13.4. The van der Waals surface area contributed by atoms with E-state index in [1.54, 1.807) is 0 Å². The first-order chi connectivity index (χ1) is 8.70. The minimum atomic E-state index is -4.27. The minimum Gasteiger partial charge on any atom is -0.356 e. The summed E-state index contributed by atoms with van der Waals surface area (Å²) in [4.78, 5) is 27.0. The number of fused-ring (bicyclic) bond motifs is 1. The second kappa shape index (κ2) is 4.28. The van der Waals surface area contributed by atoms with Crippen molar-refractivity contribution in [2.75, 3.05) is 7.05 Å². The highest BCUT2D eigenvalue weighted by molar-refractivity contribution is 7.86. The maximum Gasteiger partial charge on any atom is 0.339 e. The number of hydrogen-bond acceptors (Lipinski definition) is 5. The van der Waals surface area contributed by atoms with E-state index in [9.17, 15) is 18.0 Å².